The van der Waals surface area contributed by atoms with Crippen molar-refractivity contribution in [2.75, 3.05) is 16.2 Å². The van der Waals surface area contributed by atoms with E-state index < -0.39 is 22.0 Å². The molecule has 0 radical (unpaired) electrons. The van der Waals surface area contributed by atoms with Crippen molar-refractivity contribution in [3.8, 4) is 5.75 Å². The molecule has 1 atom stereocenters. The molecule has 1 aromatic heterocycles. The summed E-state index contributed by atoms with van der Waals surface area (Å²) in [5.41, 5.74) is 2.53. The molecule has 0 saturated heterocycles. The predicted molar refractivity (Wildman–Crippen MR) is 132 cm³/mol. The maximum atomic E-state index is 13.5. The zero-order valence-electron chi connectivity index (χ0n) is 18.4. The van der Waals surface area contributed by atoms with Gasteiger partial charge in [-0.1, -0.05) is 35.6 Å². The zero-order valence-corrected chi connectivity index (χ0v) is 20.0. The van der Waals surface area contributed by atoms with Gasteiger partial charge in [-0.2, -0.15) is 0 Å². The largest absolute Gasteiger partial charge is 0.476 e. The Balaban J connectivity index is 1.48. The summed E-state index contributed by atoms with van der Waals surface area (Å²) in [7, 11) is -2.23. The second-order valence-electron chi connectivity index (χ2n) is 8.03. The third-order valence-electron chi connectivity index (χ3n) is 5.67. The van der Waals surface area contributed by atoms with Gasteiger partial charge in [-0.25, -0.2) is 8.42 Å². The molecule has 4 aromatic rings. The van der Waals surface area contributed by atoms with E-state index in [-0.39, 0.29) is 16.3 Å². The van der Waals surface area contributed by atoms with Gasteiger partial charge >= 0.3 is 4.87 Å². The molecular weight excluding hydrogens is 474 g/mol. The second kappa shape index (κ2) is 8.30. The lowest BCUT2D eigenvalue weighted by molar-refractivity contribution is -0.122. The third-order valence-corrected chi connectivity index (χ3v) is 8.46. The summed E-state index contributed by atoms with van der Waals surface area (Å²) in [5.74, 6) is -0.161. The minimum atomic E-state index is -3.92. The number of thiazole rings is 1. The van der Waals surface area contributed by atoms with Crippen LogP contribution >= 0.6 is 11.3 Å². The lowest BCUT2D eigenvalue weighted by atomic mass is 10.1. The van der Waals surface area contributed by atoms with E-state index in [0.717, 1.165) is 27.1 Å². The zero-order chi connectivity index (χ0) is 24.0. The number of sulfonamides is 1. The van der Waals surface area contributed by atoms with Crippen LogP contribution in [0.15, 0.2) is 76.4 Å². The Bertz CT molecular complexity index is 1580. The van der Waals surface area contributed by atoms with Crippen LogP contribution in [0.1, 0.15) is 5.56 Å². The Labute approximate surface area is 200 Å². The molecule has 1 aliphatic rings. The molecule has 0 spiro atoms. The van der Waals surface area contributed by atoms with Crippen molar-refractivity contribution in [1.82, 2.24) is 4.57 Å². The molecule has 0 aliphatic carbocycles. The van der Waals surface area contributed by atoms with Crippen LogP contribution in [0, 0.1) is 6.92 Å². The predicted octanol–water partition coefficient (Wildman–Crippen LogP) is 3.50. The molecule has 1 aliphatic heterocycles. The number of carbonyl (C=O) groups excluding carboxylic acids is 1. The quantitative estimate of drug-likeness (QED) is 0.467. The van der Waals surface area contributed by atoms with Gasteiger partial charge in [-0.3, -0.25) is 13.9 Å². The lowest BCUT2D eigenvalue weighted by Gasteiger charge is -2.35. The van der Waals surface area contributed by atoms with E-state index in [2.05, 4.69) is 5.32 Å². The van der Waals surface area contributed by atoms with Gasteiger partial charge in [0, 0.05) is 12.7 Å². The monoisotopic (exact) mass is 495 g/mol. The van der Waals surface area contributed by atoms with Gasteiger partial charge in [-0.15, -0.1) is 0 Å². The highest BCUT2D eigenvalue weighted by molar-refractivity contribution is 7.92. The highest BCUT2D eigenvalue weighted by Gasteiger charge is 2.37. The van der Waals surface area contributed by atoms with Crippen LogP contribution in [0.2, 0.25) is 0 Å². The number of aryl methyl sites for hydroxylation is 2. The number of nitrogens with one attached hydrogen (secondary N) is 1. The molecule has 10 heteroatoms. The highest BCUT2D eigenvalue weighted by atomic mass is 32.2. The number of carbonyl (C=O) groups is 1. The molecule has 0 fully saturated rings. The number of fused-ring (bicyclic) bond motifs is 2. The van der Waals surface area contributed by atoms with Crippen molar-refractivity contribution in [3.05, 3.63) is 82.0 Å². The van der Waals surface area contributed by atoms with Crippen molar-refractivity contribution in [1.29, 1.82) is 0 Å². The van der Waals surface area contributed by atoms with Crippen LogP contribution in [0.5, 0.6) is 5.75 Å². The van der Waals surface area contributed by atoms with E-state index in [1.165, 1.54) is 16.4 Å². The number of hydrogen-bond acceptors (Lipinski definition) is 6. The van der Waals surface area contributed by atoms with Gasteiger partial charge in [-0.05, 0) is 55.0 Å². The van der Waals surface area contributed by atoms with Gasteiger partial charge < -0.3 is 14.6 Å². The fraction of sp³-hybridized carbons (Fsp3) is 0.167. The molecule has 0 bridgehead atoms. The molecule has 3 aromatic carbocycles. The molecule has 1 unspecified atom stereocenters. The standard InChI is InChI=1S/C24H21N3O5S2/c1-15-8-10-18-20(12-15)32-21(14-27(18)34(30,31)17-6-4-3-5-7-17)23(28)25-16-9-11-19-22(13-16)33-24(29)26(19)2/h3-13,21H,14H2,1-2H3,(H,25,28). The smallest absolute Gasteiger partial charge is 0.307 e. The first-order chi connectivity index (χ1) is 16.2. The molecule has 1 amide bonds. The van der Waals surface area contributed by atoms with Gasteiger partial charge in [0.05, 0.1) is 27.3 Å². The normalized spacial score (nSPS) is 15.6. The summed E-state index contributed by atoms with van der Waals surface area (Å²) < 4.78 is 36.4. The van der Waals surface area contributed by atoms with E-state index in [1.54, 1.807) is 66.2 Å². The Hall–Kier alpha value is -3.63. The van der Waals surface area contributed by atoms with Crippen molar-refractivity contribution >= 4 is 48.9 Å². The summed E-state index contributed by atoms with van der Waals surface area (Å²) in [6, 6.07) is 18.5. The average molecular weight is 496 g/mol. The topological polar surface area (TPSA) is 97.7 Å². The van der Waals surface area contributed by atoms with Crippen molar-refractivity contribution in [2.45, 2.75) is 17.9 Å². The Morgan fingerprint density at radius 3 is 2.62 bits per heavy atom. The van der Waals surface area contributed by atoms with E-state index in [9.17, 15) is 18.0 Å². The molecular formula is C24H21N3O5S2. The molecule has 8 nitrogen and oxygen atoms in total. The minimum absolute atomic E-state index is 0.0946. The number of hydrogen-bond donors (Lipinski definition) is 1. The summed E-state index contributed by atoms with van der Waals surface area (Å²) in [6.45, 7) is 1.68. The summed E-state index contributed by atoms with van der Waals surface area (Å²) >= 11 is 1.09. The second-order valence-corrected chi connectivity index (χ2v) is 10.9. The van der Waals surface area contributed by atoms with Crippen molar-refractivity contribution < 1.29 is 17.9 Å². The molecule has 34 heavy (non-hydrogen) atoms. The Kier molecular flexibility index (Phi) is 5.41. The van der Waals surface area contributed by atoms with Gasteiger partial charge in [0.1, 0.15) is 5.75 Å². The summed E-state index contributed by atoms with van der Waals surface area (Å²) in [6.07, 6.45) is -1.07. The number of rotatable bonds is 4. The number of amides is 1. The Morgan fingerprint density at radius 1 is 1.09 bits per heavy atom. The maximum Gasteiger partial charge on any atom is 0.307 e. The van der Waals surface area contributed by atoms with Crippen LogP contribution in [-0.4, -0.2) is 31.5 Å². The molecule has 2 heterocycles. The first-order valence-corrected chi connectivity index (χ1v) is 12.8. The minimum Gasteiger partial charge on any atom is -0.476 e. The van der Waals surface area contributed by atoms with Crippen molar-refractivity contribution in [3.63, 3.8) is 0 Å². The fourth-order valence-corrected chi connectivity index (χ4v) is 6.30. The molecule has 1 N–H and O–H groups in total. The van der Waals surface area contributed by atoms with Gasteiger partial charge in [0.25, 0.3) is 15.9 Å². The lowest BCUT2D eigenvalue weighted by Crippen LogP contribution is -2.48. The van der Waals surface area contributed by atoms with E-state index in [4.69, 9.17) is 4.74 Å². The molecule has 174 valence electrons. The fourth-order valence-electron chi connectivity index (χ4n) is 3.88. The maximum absolute atomic E-state index is 13.5. The number of benzene rings is 3. The van der Waals surface area contributed by atoms with Crippen LogP contribution in [0.4, 0.5) is 11.4 Å². The number of nitrogens with zero attached hydrogens (tertiary/aromatic N) is 2. The first kappa shape index (κ1) is 22.2. The van der Waals surface area contributed by atoms with Gasteiger partial charge in [0.2, 0.25) is 0 Å². The van der Waals surface area contributed by atoms with E-state index in [0.29, 0.717) is 17.1 Å². The average Bonchev–Trinajstić information content (AvgIpc) is 3.11. The van der Waals surface area contributed by atoms with E-state index >= 15 is 0 Å². The van der Waals surface area contributed by atoms with Crippen LogP contribution in [0.25, 0.3) is 10.2 Å². The number of ether oxygens (including phenoxy) is 1. The molecule has 0 saturated carbocycles. The van der Waals surface area contributed by atoms with Crippen molar-refractivity contribution in [2.24, 2.45) is 7.05 Å². The Morgan fingerprint density at radius 2 is 1.85 bits per heavy atom. The van der Waals surface area contributed by atoms with E-state index in [1.807, 2.05) is 6.92 Å². The number of anilines is 2. The first-order valence-electron chi connectivity index (χ1n) is 10.5. The number of aromatic nitrogens is 1. The molecule has 5 rings (SSSR count). The highest BCUT2D eigenvalue weighted by Crippen LogP contribution is 2.38. The van der Waals surface area contributed by atoms with Crippen LogP contribution in [-0.2, 0) is 21.9 Å². The summed E-state index contributed by atoms with van der Waals surface area (Å²) in [5, 5.41) is 2.80. The van der Waals surface area contributed by atoms with Gasteiger partial charge in [0.15, 0.2) is 6.10 Å². The van der Waals surface area contributed by atoms with Crippen LogP contribution < -0.4 is 19.2 Å². The SMILES string of the molecule is Cc1ccc2c(c1)OC(C(=O)Nc1ccc3c(c1)sc(=O)n3C)CN2S(=O)(=O)c1ccccc1. The summed E-state index contributed by atoms with van der Waals surface area (Å²) in [4.78, 5) is 25.1. The van der Waals surface area contributed by atoms with Crippen LogP contribution in [0.3, 0.4) is 0 Å². The third kappa shape index (κ3) is 3.84.